The van der Waals surface area contributed by atoms with Crippen LogP contribution in [0.1, 0.15) is 30.0 Å². The summed E-state index contributed by atoms with van der Waals surface area (Å²) in [5.41, 5.74) is 8.32. The molecule has 1 unspecified atom stereocenters. The summed E-state index contributed by atoms with van der Waals surface area (Å²) in [6.07, 6.45) is 1.96. The molecule has 3 heteroatoms. The number of nitrogens with two attached hydrogens (primary N) is 1. The monoisotopic (exact) mass is 211 g/mol. The number of rotatable bonds is 0. The number of hydrogen-bond donors (Lipinski definition) is 1. The Balaban J connectivity index is 2.57. The zero-order valence-corrected chi connectivity index (χ0v) is 8.97. The lowest BCUT2D eigenvalue weighted by atomic mass is 9.98. The third-order valence-corrected chi connectivity index (χ3v) is 2.94. The Kier molecular flexibility index (Phi) is 2.66. The van der Waals surface area contributed by atoms with Gasteiger partial charge in [0.05, 0.1) is 11.6 Å². The van der Waals surface area contributed by atoms with Gasteiger partial charge < -0.3 is 10.5 Å². The molecule has 1 aromatic carbocycles. The van der Waals surface area contributed by atoms with E-state index in [1.165, 1.54) is 5.56 Å². The minimum absolute atomic E-state index is 0.0613. The molecule has 1 aliphatic heterocycles. The van der Waals surface area contributed by atoms with Crippen LogP contribution in [0.3, 0.4) is 0 Å². The van der Waals surface area contributed by atoms with Crippen LogP contribution < -0.4 is 10.5 Å². The van der Waals surface area contributed by atoms with Gasteiger partial charge in [-0.2, -0.15) is 0 Å². The predicted molar refractivity (Wildman–Crippen MR) is 57.8 cm³/mol. The molecular weight excluding hydrogens is 198 g/mol. The van der Waals surface area contributed by atoms with Gasteiger partial charge in [-0.25, -0.2) is 0 Å². The van der Waals surface area contributed by atoms with Crippen molar-refractivity contribution in [2.45, 2.75) is 25.8 Å². The maximum atomic E-state index is 6.08. The van der Waals surface area contributed by atoms with E-state index >= 15 is 0 Å². The van der Waals surface area contributed by atoms with Crippen LogP contribution in [0, 0.1) is 6.92 Å². The molecule has 1 aromatic rings. The first-order valence-electron chi connectivity index (χ1n) is 4.87. The van der Waals surface area contributed by atoms with E-state index in [1.54, 1.807) is 0 Å². The molecular formula is C11H14ClNO. The van der Waals surface area contributed by atoms with Gasteiger partial charge in [-0.15, -0.1) is 0 Å². The molecule has 2 nitrogen and oxygen atoms in total. The van der Waals surface area contributed by atoms with E-state index in [1.807, 2.05) is 19.1 Å². The molecule has 2 N–H and O–H groups in total. The topological polar surface area (TPSA) is 35.2 Å². The maximum absolute atomic E-state index is 6.08. The lowest BCUT2D eigenvalue weighted by molar-refractivity contribution is 0.316. The Hall–Kier alpha value is -0.730. The molecule has 2 rings (SSSR count). The number of ether oxygens (including phenoxy) is 1. The standard InChI is InChI=1S/C11H14ClNO/c1-7-4-5-8(12)11-10(7)9(13)3-2-6-14-11/h4-5,9H,2-3,6,13H2,1H3. The van der Waals surface area contributed by atoms with Crippen molar-refractivity contribution in [3.63, 3.8) is 0 Å². The van der Waals surface area contributed by atoms with Crippen LogP contribution in [0.25, 0.3) is 0 Å². The van der Waals surface area contributed by atoms with Crippen molar-refractivity contribution in [3.8, 4) is 5.75 Å². The van der Waals surface area contributed by atoms with Gasteiger partial charge in [-0.05, 0) is 31.4 Å². The van der Waals surface area contributed by atoms with Gasteiger partial charge in [0.1, 0.15) is 5.75 Å². The minimum Gasteiger partial charge on any atom is -0.492 e. The molecule has 0 saturated heterocycles. The Morgan fingerprint density at radius 2 is 2.29 bits per heavy atom. The fourth-order valence-electron chi connectivity index (χ4n) is 1.90. The van der Waals surface area contributed by atoms with E-state index in [0.29, 0.717) is 11.6 Å². The Morgan fingerprint density at radius 3 is 3.07 bits per heavy atom. The summed E-state index contributed by atoms with van der Waals surface area (Å²) in [6.45, 7) is 2.76. The van der Waals surface area contributed by atoms with Crippen LogP contribution in [-0.2, 0) is 0 Å². The molecule has 1 heterocycles. The maximum Gasteiger partial charge on any atom is 0.142 e. The van der Waals surface area contributed by atoms with E-state index in [0.717, 1.165) is 24.2 Å². The van der Waals surface area contributed by atoms with Gasteiger partial charge in [0.25, 0.3) is 0 Å². The van der Waals surface area contributed by atoms with Crippen molar-refractivity contribution in [1.29, 1.82) is 0 Å². The summed E-state index contributed by atoms with van der Waals surface area (Å²) >= 11 is 6.07. The first kappa shape index (κ1) is 9.81. The molecule has 0 aliphatic carbocycles. The number of hydrogen-bond acceptors (Lipinski definition) is 2. The van der Waals surface area contributed by atoms with Crippen LogP contribution >= 0.6 is 11.6 Å². The molecule has 0 radical (unpaired) electrons. The largest absolute Gasteiger partial charge is 0.492 e. The van der Waals surface area contributed by atoms with Gasteiger partial charge in [-0.3, -0.25) is 0 Å². The summed E-state index contributed by atoms with van der Waals surface area (Å²) in [5.74, 6) is 0.789. The Morgan fingerprint density at radius 1 is 1.50 bits per heavy atom. The van der Waals surface area contributed by atoms with Crippen molar-refractivity contribution in [1.82, 2.24) is 0 Å². The normalized spacial score (nSPS) is 20.9. The summed E-state index contributed by atoms with van der Waals surface area (Å²) in [6, 6.07) is 3.93. The van der Waals surface area contributed by atoms with Crippen LogP contribution in [0.15, 0.2) is 12.1 Å². The second kappa shape index (κ2) is 3.79. The quantitative estimate of drug-likeness (QED) is 0.716. The number of halogens is 1. The highest BCUT2D eigenvalue weighted by molar-refractivity contribution is 6.32. The van der Waals surface area contributed by atoms with Gasteiger partial charge in [0, 0.05) is 11.6 Å². The highest BCUT2D eigenvalue weighted by Gasteiger charge is 2.20. The molecule has 0 fully saturated rings. The fourth-order valence-corrected chi connectivity index (χ4v) is 2.12. The number of aryl methyl sites for hydroxylation is 1. The van der Waals surface area contributed by atoms with Crippen LogP contribution in [0.2, 0.25) is 5.02 Å². The molecule has 0 amide bonds. The van der Waals surface area contributed by atoms with Gasteiger partial charge >= 0.3 is 0 Å². The second-order valence-corrected chi connectivity index (χ2v) is 4.11. The Bertz CT molecular complexity index is 351. The highest BCUT2D eigenvalue weighted by atomic mass is 35.5. The molecule has 14 heavy (non-hydrogen) atoms. The molecule has 0 spiro atoms. The van der Waals surface area contributed by atoms with Crippen LogP contribution in [0.4, 0.5) is 0 Å². The van der Waals surface area contributed by atoms with Crippen molar-refractivity contribution in [3.05, 3.63) is 28.3 Å². The predicted octanol–water partition coefficient (Wildman–Crippen LogP) is 2.82. The van der Waals surface area contributed by atoms with Crippen molar-refractivity contribution in [2.24, 2.45) is 5.73 Å². The molecule has 1 aliphatic rings. The average Bonchev–Trinajstić information content (AvgIpc) is 2.35. The van der Waals surface area contributed by atoms with E-state index in [4.69, 9.17) is 22.1 Å². The summed E-state index contributed by atoms with van der Waals surface area (Å²) < 4.78 is 5.62. The lowest BCUT2D eigenvalue weighted by Gasteiger charge is -2.15. The molecule has 0 saturated carbocycles. The first-order chi connectivity index (χ1) is 6.70. The fraction of sp³-hybridized carbons (Fsp3) is 0.455. The van der Waals surface area contributed by atoms with E-state index in [-0.39, 0.29) is 6.04 Å². The van der Waals surface area contributed by atoms with E-state index < -0.39 is 0 Å². The summed E-state index contributed by atoms with van der Waals surface area (Å²) in [7, 11) is 0. The summed E-state index contributed by atoms with van der Waals surface area (Å²) in [5, 5.41) is 0.669. The smallest absolute Gasteiger partial charge is 0.142 e. The number of fused-ring (bicyclic) bond motifs is 1. The molecule has 0 aromatic heterocycles. The highest BCUT2D eigenvalue weighted by Crippen LogP contribution is 2.37. The van der Waals surface area contributed by atoms with Crippen LogP contribution in [0.5, 0.6) is 5.75 Å². The third kappa shape index (κ3) is 1.60. The molecule has 0 bridgehead atoms. The minimum atomic E-state index is 0.0613. The third-order valence-electron chi connectivity index (χ3n) is 2.64. The second-order valence-electron chi connectivity index (χ2n) is 3.70. The van der Waals surface area contributed by atoms with Crippen molar-refractivity contribution >= 4 is 11.6 Å². The van der Waals surface area contributed by atoms with E-state index in [2.05, 4.69) is 0 Å². The lowest BCUT2D eigenvalue weighted by Crippen LogP contribution is -2.10. The van der Waals surface area contributed by atoms with E-state index in [9.17, 15) is 0 Å². The van der Waals surface area contributed by atoms with Gasteiger partial charge in [0.15, 0.2) is 0 Å². The van der Waals surface area contributed by atoms with Gasteiger partial charge in [-0.1, -0.05) is 17.7 Å². The van der Waals surface area contributed by atoms with Crippen molar-refractivity contribution in [2.75, 3.05) is 6.61 Å². The van der Waals surface area contributed by atoms with Gasteiger partial charge in [0.2, 0.25) is 0 Å². The van der Waals surface area contributed by atoms with Crippen LogP contribution in [-0.4, -0.2) is 6.61 Å². The summed E-state index contributed by atoms with van der Waals surface area (Å²) in [4.78, 5) is 0. The SMILES string of the molecule is Cc1ccc(Cl)c2c1C(N)CCCO2. The molecule has 76 valence electrons. The van der Waals surface area contributed by atoms with Crippen molar-refractivity contribution < 1.29 is 4.74 Å². The first-order valence-corrected chi connectivity index (χ1v) is 5.25. The molecule has 1 atom stereocenters. The zero-order chi connectivity index (χ0) is 10.1. The number of benzene rings is 1. The zero-order valence-electron chi connectivity index (χ0n) is 8.22. The Labute approximate surface area is 89.0 Å². The average molecular weight is 212 g/mol.